The average molecular weight is 180 g/mol. The number of phenols is 1. The first-order valence-electron chi connectivity index (χ1n) is 4.33. The summed E-state index contributed by atoms with van der Waals surface area (Å²) in [4.78, 5) is 0. The second kappa shape index (κ2) is 3.77. The summed E-state index contributed by atoms with van der Waals surface area (Å²) in [6.07, 6.45) is 0. The molecule has 0 saturated heterocycles. The molecule has 0 heterocycles. The van der Waals surface area contributed by atoms with Crippen LogP contribution in [0.4, 0.5) is 0 Å². The third-order valence-corrected chi connectivity index (χ3v) is 2.11. The molecule has 1 aromatic rings. The molecule has 2 unspecified atom stereocenters. The van der Waals surface area contributed by atoms with Crippen molar-refractivity contribution >= 4 is 0 Å². The van der Waals surface area contributed by atoms with E-state index in [2.05, 4.69) is 0 Å². The SMILES string of the molecule is Cc1ccc(O)c(C(N)C(C)N)c1. The van der Waals surface area contributed by atoms with Gasteiger partial charge in [-0.15, -0.1) is 0 Å². The van der Waals surface area contributed by atoms with Crippen LogP contribution in [0.15, 0.2) is 18.2 Å². The molecule has 1 aromatic carbocycles. The van der Waals surface area contributed by atoms with Gasteiger partial charge in [0.25, 0.3) is 0 Å². The Hall–Kier alpha value is -1.06. The second-order valence-corrected chi connectivity index (χ2v) is 3.45. The third-order valence-electron chi connectivity index (χ3n) is 2.11. The van der Waals surface area contributed by atoms with Gasteiger partial charge in [-0.05, 0) is 19.9 Å². The lowest BCUT2D eigenvalue weighted by atomic mass is 9.99. The Morgan fingerprint density at radius 2 is 1.92 bits per heavy atom. The molecule has 5 N–H and O–H groups in total. The molecule has 0 bridgehead atoms. The standard InChI is InChI=1S/C10H16N2O/c1-6-3-4-9(13)8(5-6)10(12)7(2)11/h3-5,7,10,13H,11-12H2,1-2H3. The van der Waals surface area contributed by atoms with Crippen molar-refractivity contribution in [1.82, 2.24) is 0 Å². The van der Waals surface area contributed by atoms with Gasteiger partial charge in [-0.1, -0.05) is 17.7 Å². The van der Waals surface area contributed by atoms with Gasteiger partial charge in [0.15, 0.2) is 0 Å². The maximum atomic E-state index is 9.52. The van der Waals surface area contributed by atoms with E-state index in [1.54, 1.807) is 6.07 Å². The van der Waals surface area contributed by atoms with Crippen molar-refractivity contribution in [2.75, 3.05) is 0 Å². The maximum absolute atomic E-state index is 9.52. The van der Waals surface area contributed by atoms with E-state index in [-0.39, 0.29) is 17.8 Å². The molecule has 2 atom stereocenters. The van der Waals surface area contributed by atoms with E-state index in [4.69, 9.17) is 11.5 Å². The Balaban J connectivity index is 3.05. The molecule has 72 valence electrons. The number of aromatic hydroxyl groups is 1. The van der Waals surface area contributed by atoms with Crippen LogP contribution in [0.25, 0.3) is 0 Å². The first kappa shape index (κ1) is 10.0. The van der Waals surface area contributed by atoms with Crippen LogP contribution in [-0.4, -0.2) is 11.1 Å². The fraction of sp³-hybridized carbons (Fsp3) is 0.400. The molecule has 3 heteroatoms. The van der Waals surface area contributed by atoms with Gasteiger partial charge in [0.2, 0.25) is 0 Å². The fourth-order valence-corrected chi connectivity index (χ4v) is 1.22. The van der Waals surface area contributed by atoms with Crippen molar-refractivity contribution in [2.24, 2.45) is 11.5 Å². The van der Waals surface area contributed by atoms with Crippen LogP contribution in [0.3, 0.4) is 0 Å². The van der Waals surface area contributed by atoms with Crippen LogP contribution in [0.1, 0.15) is 24.1 Å². The summed E-state index contributed by atoms with van der Waals surface area (Å²) in [6, 6.07) is 4.89. The van der Waals surface area contributed by atoms with Gasteiger partial charge >= 0.3 is 0 Å². The first-order valence-corrected chi connectivity index (χ1v) is 4.33. The van der Waals surface area contributed by atoms with Crippen molar-refractivity contribution in [1.29, 1.82) is 0 Å². The fourth-order valence-electron chi connectivity index (χ4n) is 1.22. The van der Waals surface area contributed by atoms with E-state index in [0.717, 1.165) is 11.1 Å². The minimum absolute atomic E-state index is 0.160. The average Bonchev–Trinajstić information content (AvgIpc) is 2.08. The zero-order valence-electron chi connectivity index (χ0n) is 7.99. The quantitative estimate of drug-likeness (QED) is 0.637. The summed E-state index contributed by atoms with van der Waals surface area (Å²) in [5, 5.41) is 9.52. The van der Waals surface area contributed by atoms with Gasteiger partial charge in [0.1, 0.15) is 5.75 Å². The topological polar surface area (TPSA) is 72.3 Å². The summed E-state index contributed by atoms with van der Waals surface area (Å²) in [7, 11) is 0. The Labute approximate surface area is 78.4 Å². The van der Waals surface area contributed by atoms with Crippen LogP contribution in [-0.2, 0) is 0 Å². The summed E-state index contributed by atoms with van der Waals surface area (Å²) in [6.45, 7) is 3.78. The monoisotopic (exact) mass is 180 g/mol. The van der Waals surface area contributed by atoms with Crippen LogP contribution in [0.5, 0.6) is 5.75 Å². The summed E-state index contributed by atoms with van der Waals surface area (Å²) in [5.41, 5.74) is 13.3. The number of benzene rings is 1. The van der Waals surface area contributed by atoms with Crippen LogP contribution in [0.2, 0.25) is 0 Å². The summed E-state index contributed by atoms with van der Waals surface area (Å²) < 4.78 is 0. The largest absolute Gasteiger partial charge is 0.508 e. The summed E-state index contributed by atoms with van der Waals surface area (Å²) >= 11 is 0. The summed E-state index contributed by atoms with van der Waals surface area (Å²) in [5.74, 6) is 0.218. The molecule has 1 rings (SSSR count). The van der Waals surface area contributed by atoms with E-state index in [0.29, 0.717) is 0 Å². The van der Waals surface area contributed by atoms with Crippen LogP contribution >= 0.6 is 0 Å². The van der Waals surface area contributed by atoms with E-state index >= 15 is 0 Å². The Morgan fingerprint density at radius 3 is 2.46 bits per heavy atom. The molecule has 0 saturated carbocycles. The number of nitrogens with two attached hydrogens (primary N) is 2. The number of aryl methyl sites for hydroxylation is 1. The highest BCUT2D eigenvalue weighted by atomic mass is 16.3. The molecule has 0 fully saturated rings. The predicted octanol–water partition coefficient (Wildman–Crippen LogP) is 1.05. The van der Waals surface area contributed by atoms with Gasteiger partial charge in [0.05, 0.1) is 0 Å². The van der Waals surface area contributed by atoms with E-state index in [9.17, 15) is 5.11 Å². The highest BCUT2D eigenvalue weighted by Gasteiger charge is 2.14. The van der Waals surface area contributed by atoms with Crippen molar-refractivity contribution in [2.45, 2.75) is 25.9 Å². The molecule has 0 aliphatic carbocycles. The lowest BCUT2D eigenvalue weighted by Crippen LogP contribution is -2.31. The normalized spacial score (nSPS) is 15.4. The van der Waals surface area contributed by atoms with E-state index < -0.39 is 0 Å². The molecule has 13 heavy (non-hydrogen) atoms. The molecule has 3 nitrogen and oxygen atoms in total. The van der Waals surface area contributed by atoms with Gasteiger partial charge < -0.3 is 16.6 Å². The highest BCUT2D eigenvalue weighted by molar-refractivity contribution is 5.38. The Morgan fingerprint density at radius 1 is 1.31 bits per heavy atom. The van der Waals surface area contributed by atoms with E-state index in [1.165, 1.54) is 0 Å². The molecule has 0 spiro atoms. The first-order chi connectivity index (χ1) is 6.02. The lowest BCUT2D eigenvalue weighted by Gasteiger charge is -2.17. The second-order valence-electron chi connectivity index (χ2n) is 3.45. The molecular formula is C10H16N2O. The van der Waals surface area contributed by atoms with Gasteiger partial charge in [-0.3, -0.25) is 0 Å². The highest BCUT2D eigenvalue weighted by Crippen LogP contribution is 2.24. The van der Waals surface area contributed by atoms with Crippen LogP contribution < -0.4 is 11.5 Å². The molecule has 0 aliphatic heterocycles. The minimum Gasteiger partial charge on any atom is -0.508 e. The smallest absolute Gasteiger partial charge is 0.120 e. The van der Waals surface area contributed by atoms with Crippen LogP contribution in [0, 0.1) is 6.92 Å². The third kappa shape index (κ3) is 2.20. The number of hydrogen-bond acceptors (Lipinski definition) is 3. The maximum Gasteiger partial charge on any atom is 0.120 e. The van der Waals surface area contributed by atoms with E-state index in [1.807, 2.05) is 26.0 Å². The molecular weight excluding hydrogens is 164 g/mol. The van der Waals surface area contributed by atoms with Crippen molar-refractivity contribution < 1.29 is 5.11 Å². The zero-order chi connectivity index (χ0) is 10.0. The molecule has 0 aromatic heterocycles. The Bertz CT molecular complexity index is 297. The van der Waals surface area contributed by atoms with Crippen molar-refractivity contribution in [3.63, 3.8) is 0 Å². The Kier molecular flexibility index (Phi) is 2.90. The zero-order valence-corrected chi connectivity index (χ0v) is 7.99. The molecule has 0 radical (unpaired) electrons. The van der Waals surface area contributed by atoms with Crippen molar-refractivity contribution in [3.05, 3.63) is 29.3 Å². The molecule has 0 aliphatic rings. The van der Waals surface area contributed by atoms with Crippen molar-refractivity contribution in [3.8, 4) is 5.75 Å². The minimum atomic E-state index is -0.306. The number of phenolic OH excluding ortho intramolecular Hbond substituents is 1. The predicted molar refractivity (Wildman–Crippen MR) is 53.4 cm³/mol. The number of rotatable bonds is 2. The lowest BCUT2D eigenvalue weighted by molar-refractivity contribution is 0.453. The van der Waals surface area contributed by atoms with Gasteiger partial charge in [0, 0.05) is 17.6 Å². The number of hydrogen-bond donors (Lipinski definition) is 3. The van der Waals surface area contributed by atoms with Gasteiger partial charge in [-0.2, -0.15) is 0 Å². The van der Waals surface area contributed by atoms with Gasteiger partial charge in [-0.25, -0.2) is 0 Å². The molecule has 0 amide bonds.